The van der Waals surface area contributed by atoms with Gasteiger partial charge in [-0.25, -0.2) is 0 Å². The summed E-state index contributed by atoms with van der Waals surface area (Å²) in [6.45, 7) is 12.4. The van der Waals surface area contributed by atoms with Crippen molar-refractivity contribution in [3.63, 3.8) is 0 Å². The van der Waals surface area contributed by atoms with Crippen LogP contribution in [0.15, 0.2) is 15.2 Å². The van der Waals surface area contributed by atoms with Crippen LogP contribution in [0.1, 0.15) is 57.2 Å². The van der Waals surface area contributed by atoms with Gasteiger partial charge < -0.3 is 9.73 Å². The zero-order valence-electron chi connectivity index (χ0n) is 12.0. The third-order valence-electron chi connectivity index (χ3n) is 2.52. The molecular formula is C14H22BrNO2. The second kappa shape index (κ2) is 5.08. The summed E-state index contributed by atoms with van der Waals surface area (Å²) in [7, 11) is 0. The lowest BCUT2D eigenvalue weighted by Gasteiger charge is -2.33. The first-order chi connectivity index (χ1) is 8.00. The van der Waals surface area contributed by atoms with E-state index in [0.717, 1.165) is 12.0 Å². The van der Waals surface area contributed by atoms with Gasteiger partial charge in [-0.1, -0.05) is 20.8 Å². The van der Waals surface area contributed by atoms with Crippen LogP contribution < -0.4 is 5.32 Å². The highest BCUT2D eigenvalue weighted by Gasteiger charge is 2.28. The normalized spacial score (nSPS) is 12.6. The predicted octanol–water partition coefficient (Wildman–Crippen LogP) is 4.30. The van der Waals surface area contributed by atoms with Crippen LogP contribution in [0.3, 0.4) is 0 Å². The molecule has 1 N–H and O–H groups in total. The Labute approximate surface area is 117 Å². The zero-order valence-corrected chi connectivity index (χ0v) is 13.6. The van der Waals surface area contributed by atoms with Gasteiger partial charge in [0.25, 0.3) is 5.91 Å². The van der Waals surface area contributed by atoms with Crippen molar-refractivity contribution < 1.29 is 9.21 Å². The van der Waals surface area contributed by atoms with Crippen LogP contribution in [-0.2, 0) is 0 Å². The van der Waals surface area contributed by atoms with Gasteiger partial charge in [0.2, 0.25) is 0 Å². The smallest absolute Gasteiger partial charge is 0.287 e. The zero-order chi connectivity index (χ0) is 14.1. The minimum absolute atomic E-state index is 0.160. The third kappa shape index (κ3) is 4.48. The molecular weight excluding hydrogens is 294 g/mol. The van der Waals surface area contributed by atoms with Crippen LogP contribution in [0.25, 0.3) is 0 Å². The molecule has 1 heterocycles. The van der Waals surface area contributed by atoms with E-state index in [-0.39, 0.29) is 16.9 Å². The molecule has 0 atom stereocenters. The fraction of sp³-hybridized carbons (Fsp3) is 0.643. The quantitative estimate of drug-likeness (QED) is 0.903. The molecule has 18 heavy (non-hydrogen) atoms. The molecule has 1 aromatic rings. The molecule has 1 rings (SSSR count). The highest BCUT2D eigenvalue weighted by molar-refractivity contribution is 9.10. The van der Waals surface area contributed by atoms with Gasteiger partial charge in [-0.05, 0) is 54.6 Å². The van der Waals surface area contributed by atoms with Gasteiger partial charge >= 0.3 is 0 Å². The maximum Gasteiger partial charge on any atom is 0.287 e. The summed E-state index contributed by atoms with van der Waals surface area (Å²) in [5.74, 6) is 0.219. The number of rotatable bonds is 3. The van der Waals surface area contributed by atoms with E-state index < -0.39 is 0 Å². The monoisotopic (exact) mass is 315 g/mol. The minimum atomic E-state index is -0.263. The number of amides is 1. The second-order valence-electron chi connectivity index (χ2n) is 6.64. The highest BCUT2D eigenvalue weighted by atomic mass is 79.9. The SMILES string of the molecule is Cc1cc(Br)oc1C(=O)NC(C)(C)CC(C)(C)C. The minimum Gasteiger partial charge on any atom is -0.444 e. The van der Waals surface area contributed by atoms with Crippen LogP contribution in [0.5, 0.6) is 0 Å². The Morgan fingerprint density at radius 3 is 2.28 bits per heavy atom. The number of nitrogens with one attached hydrogen (secondary N) is 1. The molecule has 3 nitrogen and oxygen atoms in total. The summed E-state index contributed by atoms with van der Waals surface area (Å²) in [4.78, 5) is 12.2. The van der Waals surface area contributed by atoms with Gasteiger partial charge in [0.15, 0.2) is 10.4 Å². The molecule has 0 fully saturated rings. The van der Waals surface area contributed by atoms with Gasteiger partial charge in [0.1, 0.15) is 0 Å². The molecule has 4 heteroatoms. The van der Waals surface area contributed by atoms with E-state index in [4.69, 9.17) is 4.42 Å². The van der Waals surface area contributed by atoms with E-state index >= 15 is 0 Å². The van der Waals surface area contributed by atoms with Crippen molar-refractivity contribution in [1.29, 1.82) is 0 Å². The number of hydrogen-bond acceptors (Lipinski definition) is 2. The summed E-state index contributed by atoms with van der Waals surface area (Å²) in [5, 5.41) is 3.03. The van der Waals surface area contributed by atoms with Crippen LogP contribution in [0.2, 0.25) is 0 Å². The fourth-order valence-electron chi connectivity index (χ4n) is 2.40. The first-order valence-electron chi connectivity index (χ1n) is 6.09. The molecule has 1 amide bonds. The fourth-order valence-corrected chi connectivity index (χ4v) is 2.91. The van der Waals surface area contributed by atoms with Gasteiger partial charge in [0.05, 0.1) is 0 Å². The first kappa shape index (κ1) is 15.3. The Balaban J connectivity index is 2.79. The van der Waals surface area contributed by atoms with Gasteiger partial charge in [-0.2, -0.15) is 0 Å². The summed E-state index contributed by atoms with van der Waals surface area (Å²) in [6, 6.07) is 1.80. The number of halogens is 1. The van der Waals surface area contributed by atoms with Crippen LogP contribution in [-0.4, -0.2) is 11.4 Å². The van der Waals surface area contributed by atoms with Crippen molar-refractivity contribution >= 4 is 21.8 Å². The standard InChI is InChI=1S/C14H22BrNO2/c1-9-7-10(15)18-11(9)12(17)16-14(5,6)8-13(2,3)4/h7H,8H2,1-6H3,(H,16,17). The molecule has 102 valence electrons. The Bertz CT molecular complexity index is 441. The van der Waals surface area contributed by atoms with E-state index in [1.165, 1.54) is 0 Å². The molecule has 0 spiro atoms. The molecule has 0 bridgehead atoms. The Hall–Kier alpha value is -0.770. The molecule has 0 aliphatic heterocycles. The summed E-state index contributed by atoms with van der Waals surface area (Å²) in [6.07, 6.45) is 0.896. The van der Waals surface area contributed by atoms with Crippen molar-refractivity contribution in [2.24, 2.45) is 5.41 Å². The number of carbonyl (C=O) groups is 1. The van der Waals surface area contributed by atoms with Crippen molar-refractivity contribution in [2.75, 3.05) is 0 Å². The van der Waals surface area contributed by atoms with Crippen molar-refractivity contribution in [3.8, 4) is 0 Å². The summed E-state index contributed by atoms with van der Waals surface area (Å²) in [5.41, 5.74) is 0.738. The molecule has 0 aromatic carbocycles. The van der Waals surface area contributed by atoms with Gasteiger partial charge in [-0.15, -0.1) is 0 Å². The lowest BCUT2D eigenvalue weighted by molar-refractivity contribution is 0.0860. The molecule has 0 saturated heterocycles. The number of aryl methyl sites for hydroxylation is 1. The number of hydrogen-bond donors (Lipinski definition) is 1. The molecule has 0 saturated carbocycles. The lowest BCUT2D eigenvalue weighted by Crippen LogP contribution is -2.45. The topological polar surface area (TPSA) is 42.2 Å². The number of furan rings is 1. The van der Waals surface area contributed by atoms with Gasteiger partial charge in [0, 0.05) is 11.1 Å². The molecule has 0 aliphatic rings. The summed E-state index contributed by atoms with van der Waals surface area (Å²) >= 11 is 3.23. The van der Waals surface area contributed by atoms with E-state index in [9.17, 15) is 4.79 Å². The molecule has 0 aliphatic carbocycles. The Kier molecular flexibility index (Phi) is 4.31. The highest BCUT2D eigenvalue weighted by Crippen LogP contribution is 2.27. The average molecular weight is 316 g/mol. The van der Waals surface area contributed by atoms with Crippen LogP contribution in [0, 0.1) is 12.3 Å². The van der Waals surface area contributed by atoms with Gasteiger partial charge in [-0.3, -0.25) is 4.79 Å². The average Bonchev–Trinajstić information content (AvgIpc) is 2.39. The maximum atomic E-state index is 12.2. The maximum absolute atomic E-state index is 12.2. The van der Waals surface area contributed by atoms with E-state index in [1.807, 2.05) is 20.8 Å². The third-order valence-corrected chi connectivity index (χ3v) is 2.91. The summed E-state index contributed by atoms with van der Waals surface area (Å²) < 4.78 is 5.94. The Morgan fingerprint density at radius 2 is 1.89 bits per heavy atom. The Morgan fingerprint density at radius 1 is 1.33 bits per heavy atom. The van der Waals surface area contributed by atoms with E-state index in [0.29, 0.717) is 10.4 Å². The molecule has 0 radical (unpaired) electrons. The molecule has 1 aromatic heterocycles. The van der Waals surface area contributed by atoms with Crippen molar-refractivity contribution in [2.45, 2.75) is 53.5 Å². The molecule has 0 unspecified atom stereocenters. The number of carbonyl (C=O) groups excluding carboxylic acids is 1. The van der Waals surface area contributed by atoms with Crippen molar-refractivity contribution in [1.82, 2.24) is 5.32 Å². The van der Waals surface area contributed by atoms with Crippen LogP contribution in [0.4, 0.5) is 0 Å². The lowest BCUT2D eigenvalue weighted by atomic mass is 9.82. The van der Waals surface area contributed by atoms with E-state index in [1.54, 1.807) is 6.07 Å². The second-order valence-corrected chi connectivity index (χ2v) is 7.42. The predicted molar refractivity (Wildman–Crippen MR) is 76.8 cm³/mol. The van der Waals surface area contributed by atoms with E-state index in [2.05, 4.69) is 42.0 Å². The first-order valence-corrected chi connectivity index (χ1v) is 6.88. The largest absolute Gasteiger partial charge is 0.444 e. The van der Waals surface area contributed by atoms with Crippen LogP contribution >= 0.6 is 15.9 Å². The van der Waals surface area contributed by atoms with Crippen molar-refractivity contribution in [3.05, 3.63) is 22.1 Å².